The first kappa shape index (κ1) is 17.7. The number of hydrogen-bond acceptors (Lipinski definition) is 6. The van der Waals surface area contributed by atoms with Gasteiger partial charge in [-0.05, 0) is 43.7 Å². The highest BCUT2D eigenvalue weighted by molar-refractivity contribution is 5.70. The van der Waals surface area contributed by atoms with E-state index >= 15 is 0 Å². The number of aromatic nitrogens is 2. The lowest BCUT2D eigenvalue weighted by Gasteiger charge is -2.38. The number of piperidine rings is 1. The normalized spacial score (nSPS) is 22.9. The Hall–Kier alpha value is -2.67. The van der Waals surface area contributed by atoms with Crippen molar-refractivity contribution in [2.75, 3.05) is 33.8 Å². The van der Waals surface area contributed by atoms with E-state index in [4.69, 9.17) is 9.47 Å². The van der Waals surface area contributed by atoms with Crippen LogP contribution in [0.15, 0.2) is 36.7 Å². The standard InChI is InChI=1S/C20H24N4O3/c1-23-13-20(27-19(23)25)8-3-9-24(14-20)12-15-10-21-18(22-11-15)16-4-6-17(26-2)7-5-16/h4-7,10-11H,3,8-9,12-14H2,1-2H3/t20-/m1/s1. The average Bonchev–Trinajstić information content (AvgIpc) is 2.95. The Morgan fingerprint density at radius 3 is 2.56 bits per heavy atom. The molecule has 0 saturated carbocycles. The number of carbonyl (C=O) groups is 1. The molecule has 7 nitrogen and oxygen atoms in total. The summed E-state index contributed by atoms with van der Waals surface area (Å²) in [6.07, 6.45) is 5.48. The van der Waals surface area contributed by atoms with Gasteiger partial charge in [-0.1, -0.05) is 0 Å². The minimum Gasteiger partial charge on any atom is -0.497 e. The van der Waals surface area contributed by atoms with E-state index in [9.17, 15) is 4.79 Å². The molecule has 27 heavy (non-hydrogen) atoms. The fourth-order valence-electron chi connectivity index (χ4n) is 3.91. The van der Waals surface area contributed by atoms with Crippen LogP contribution in [-0.2, 0) is 11.3 Å². The summed E-state index contributed by atoms with van der Waals surface area (Å²) in [6.45, 7) is 3.16. The van der Waals surface area contributed by atoms with Crippen LogP contribution in [0.2, 0.25) is 0 Å². The lowest BCUT2D eigenvalue weighted by atomic mass is 9.92. The summed E-state index contributed by atoms with van der Waals surface area (Å²) < 4.78 is 10.9. The van der Waals surface area contributed by atoms with Crippen LogP contribution in [0.25, 0.3) is 11.4 Å². The van der Waals surface area contributed by atoms with E-state index < -0.39 is 0 Å². The van der Waals surface area contributed by atoms with E-state index in [1.54, 1.807) is 19.1 Å². The van der Waals surface area contributed by atoms with Crippen molar-refractivity contribution in [2.24, 2.45) is 0 Å². The molecule has 0 radical (unpaired) electrons. The van der Waals surface area contributed by atoms with Crippen molar-refractivity contribution in [1.82, 2.24) is 19.8 Å². The minimum absolute atomic E-state index is 0.218. The quantitative estimate of drug-likeness (QED) is 0.826. The van der Waals surface area contributed by atoms with Gasteiger partial charge in [-0.3, -0.25) is 4.90 Å². The third kappa shape index (κ3) is 3.73. The molecule has 2 fully saturated rings. The van der Waals surface area contributed by atoms with Crippen molar-refractivity contribution in [3.8, 4) is 17.1 Å². The number of ether oxygens (including phenoxy) is 2. The SMILES string of the molecule is COc1ccc(-c2ncc(CN3CCC[C@]4(C3)CN(C)C(=O)O4)cn2)cc1. The fraction of sp³-hybridized carbons (Fsp3) is 0.450. The first-order valence-corrected chi connectivity index (χ1v) is 9.19. The number of hydrogen-bond donors (Lipinski definition) is 0. The minimum atomic E-state index is -0.367. The Balaban J connectivity index is 1.41. The molecular formula is C20H24N4O3. The van der Waals surface area contributed by atoms with E-state index in [1.807, 2.05) is 36.7 Å². The Morgan fingerprint density at radius 2 is 1.93 bits per heavy atom. The summed E-state index contributed by atoms with van der Waals surface area (Å²) in [4.78, 5) is 24.8. The lowest BCUT2D eigenvalue weighted by Crippen LogP contribution is -2.50. The van der Waals surface area contributed by atoms with Gasteiger partial charge in [0.15, 0.2) is 5.82 Å². The fourth-order valence-corrected chi connectivity index (χ4v) is 3.91. The first-order chi connectivity index (χ1) is 13.1. The second-order valence-corrected chi connectivity index (χ2v) is 7.36. The van der Waals surface area contributed by atoms with Crippen LogP contribution in [0.1, 0.15) is 18.4 Å². The van der Waals surface area contributed by atoms with Gasteiger partial charge >= 0.3 is 6.09 Å². The van der Waals surface area contributed by atoms with Crippen LogP contribution in [-0.4, -0.2) is 65.3 Å². The molecule has 0 N–H and O–H groups in total. The van der Waals surface area contributed by atoms with Crippen molar-refractivity contribution in [2.45, 2.75) is 25.0 Å². The molecular weight excluding hydrogens is 344 g/mol. The smallest absolute Gasteiger partial charge is 0.410 e. The van der Waals surface area contributed by atoms with Crippen molar-refractivity contribution in [3.05, 3.63) is 42.2 Å². The molecule has 1 atom stereocenters. The van der Waals surface area contributed by atoms with Gasteiger partial charge in [0.2, 0.25) is 0 Å². The number of carbonyl (C=O) groups excluding carboxylic acids is 1. The van der Waals surface area contributed by atoms with Crippen LogP contribution in [0.4, 0.5) is 4.79 Å². The molecule has 1 amide bonds. The van der Waals surface area contributed by atoms with Gasteiger partial charge in [-0.25, -0.2) is 14.8 Å². The van der Waals surface area contributed by atoms with E-state index in [-0.39, 0.29) is 11.7 Å². The molecule has 1 aromatic carbocycles. The number of likely N-dealkylation sites (tertiary alicyclic amines) is 1. The highest BCUT2D eigenvalue weighted by atomic mass is 16.6. The van der Waals surface area contributed by atoms with E-state index in [0.717, 1.165) is 49.4 Å². The average molecular weight is 368 g/mol. The number of amides is 1. The highest BCUT2D eigenvalue weighted by Gasteiger charge is 2.46. The predicted molar refractivity (Wildman–Crippen MR) is 100 cm³/mol. The van der Waals surface area contributed by atoms with Crippen LogP contribution in [0, 0.1) is 0 Å². The summed E-state index contributed by atoms with van der Waals surface area (Å²) in [7, 11) is 3.44. The van der Waals surface area contributed by atoms with Gasteiger partial charge < -0.3 is 14.4 Å². The number of methoxy groups -OCH3 is 1. The summed E-state index contributed by atoms with van der Waals surface area (Å²) in [5.41, 5.74) is 1.65. The van der Waals surface area contributed by atoms with Gasteiger partial charge in [-0.15, -0.1) is 0 Å². The lowest BCUT2D eigenvalue weighted by molar-refractivity contribution is -0.0114. The molecule has 142 valence electrons. The summed E-state index contributed by atoms with van der Waals surface area (Å²) >= 11 is 0. The third-order valence-electron chi connectivity index (χ3n) is 5.22. The van der Waals surface area contributed by atoms with Crippen molar-refractivity contribution in [1.29, 1.82) is 0 Å². The first-order valence-electron chi connectivity index (χ1n) is 9.19. The summed E-state index contributed by atoms with van der Waals surface area (Å²) in [5, 5.41) is 0. The Kier molecular flexibility index (Phi) is 4.70. The zero-order chi connectivity index (χ0) is 18.9. The van der Waals surface area contributed by atoms with Crippen LogP contribution in [0.3, 0.4) is 0 Å². The molecule has 7 heteroatoms. The molecule has 2 aromatic rings. The molecule has 0 bridgehead atoms. The maximum Gasteiger partial charge on any atom is 0.410 e. The molecule has 0 unspecified atom stereocenters. The largest absolute Gasteiger partial charge is 0.497 e. The molecule has 2 saturated heterocycles. The van der Waals surface area contributed by atoms with Crippen molar-refractivity contribution >= 4 is 6.09 Å². The summed E-state index contributed by atoms with van der Waals surface area (Å²) in [6, 6.07) is 7.71. The molecule has 2 aliphatic rings. The van der Waals surface area contributed by atoms with E-state index in [2.05, 4.69) is 14.9 Å². The molecule has 1 aromatic heterocycles. The van der Waals surface area contributed by atoms with E-state index in [1.165, 1.54) is 0 Å². The Morgan fingerprint density at radius 1 is 1.19 bits per heavy atom. The second kappa shape index (κ2) is 7.15. The third-order valence-corrected chi connectivity index (χ3v) is 5.22. The van der Waals surface area contributed by atoms with Crippen LogP contribution >= 0.6 is 0 Å². The zero-order valence-corrected chi connectivity index (χ0v) is 15.7. The Bertz CT molecular complexity index is 809. The maximum absolute atomic E-state index is 11.8. The highest BCUT2D eigenvalue weighted by Crippen LogP contribution is 2.32. The van der Waals surface area contributed by atoms with Crippen LogP contribution in [0.5, 0.6) is 5.75 Å². The predicted octanol–water partition coefficient (Wildman–Crippen LogP) is 2.57. The number of likely N-dealkylation sites (N-methyl/N-ethyl adjacent to an activating group) is 1. The van der Waals surface area contributed by atoms with Crippen LogP contribution < -0.4 is 4.74 Å². The van der Waals surface area contributed by atoms with Crippen molar-refractivity contribution < 1.29 is 14.3 Å². The monoisotopic (exact) mass is 368 g/mol. The Labute approximate surface area is 158 Å². The molecule has 2 aliphatic heterocycles. The molecule has 4 rings (SSSR count). The van der Waals surface area contributed by atoms with Gasteiger partial charge in [0, 0.05) is 43.7 Å². The van der Waals surface area contributed by atoms with Crippen molar-refractivity contribution in [3.63, 3.8) is 0 Å². The number of nitrogens with zero attached hydrogens (tertiary/aromatic N) is 4. The maximum atomic E-state index is 11.8. The molecule has 0 aliphatic carbocycles. The van der Waals surface area contributed by atoms with Gasteiger partial charge in [0.05, 0.1) is 13.7 Å². The topological polar surface area (TPSA) is 67.8 Å². The van der Waals surface area contributed by atoms with E-state index in [0.29, 0.717) is 12.4 Å². The second-order valence-electron chi connectivity index (χ2n) is 7.36. The zero-order valence-electron chi connectivity index (χ0n) is 15.7. The van der Waals surface area contributed by atoms with Gasteiger partial charge in [0.1, 0.15) is 11.4 Å². The molecule has 1 spiro atoms. The van der Waals surface area contributed by atoms with Gasteiger partial charge in [-0.2, -0.15) is 0 Å². The number of rotatable bonds is 4. The molecule has 3 heterocycles. The number of benzene rings is 1. The summed E-state index contributed by atoms with van der Waals surface area (Å²) in [5.74, 6) is 1.51. The van der Waals surface area contributed by atoms with Gasteiger partial charge in [0.25, 0.3) is 0 Å².